The molecule has 0 bridgehead atoms. The lowest BCUT2D eigenvalue weighted by Crippen LogP contribution is -2.44. The molecular weight excluding hydrogens is 212 g/mol. The molecule has 1 amide bonds. The van der Waals surface area contributed by atoms with Crippen LogP contribution in [0.4, 0.5) is 0 Å². The van der Waals surface area contributed by atoms with E-state index in [0.717, 1.165) is 31.8 Å². The highest BCUT2D eigenvalue weighted by Crippen LogP contribution is 2.34. The molecule has 1 fully saturated rings. The van der Waals surface area contributed by atoms with Crippen LogP contribution in [0.2, 0.25) is 0 Å². The summed E-state index contributed by atoms with van der Waals surface area (Å²) in [5.41, 5.74) is 0.369. The van der Waals surface area contributed by atoms with Crippen molar-refractivity contribution in [3.8, 4) is 0 Å². The van der Waals surface area contributed by atoms with Gasteiger partial charge >= 0.3 is 0 Å². The molecule has 0 aromatic carbocycles. The van der Waals surface area contributed by atoms with Crippen molar-refractivity contribution in [2.75, 3.05) is 20.1 Å². The smallest absolute Gasteiger partial charge is 0.239 e. The highest BCUT2D eigenvalue weighted by Gasteiger charge is 2.29. The van der Waals surface area contributed by atoms with Crippen LogP contribution in [-0.4, -0.2) is 37.0 Å². The number of amides is 1. The fourth-order valence-electron chi connectivity index (χ4n) is 2.58. The van der Waals surface area contributed by atoms with Crippen LogP contribution in [0.15, 0.2) is 0 Å². The van der Waals surface area contributed by atoms with Gasteiger partial charge in [-0.05, 0) is 44.6 Å². The molecule has 17 heavy (non-hydrogen) atoms. The van der Waals surface area contributed by atoms with Crippen LogP contribution in [0.5, 0.6) is 0 Å². The lowest BCUT2D eigenvalue weighted by molar-refractivity contribution is -0.132. The standard InChI is InChI=1S/C14H28N2O/c1-11(15-5)13(17)16-9-6-7-12(8-10-16)14(2,3)4/h11-12,15H,6-10H2,1-5H3. The number of carbonyl (C=O) groups is 1. The van der Waals surface area contributed by atoms with Crippen LogP contribution in [0.1, 0.15) is 47.0 Å². The highest BCUT2D eigenvalue weighted by atomic mass is 16.2. The molecule has 0 aromatic heterocycles. The van der Waals surface area contributed by atoms with Crippen LogP contribution in [0, 0.1) is 11.3 Å². The lowest BCUT2D eigenvalue weighted by atomic mass is 9.77. The zero-order valence-electron chi connectivity index (χ0n) is 12.0. The predicted molar refractivity (Wildman–Crippen MR) is 71.9 cm³/mol. The zero-order valence-corrected chi connectivity index (χ0v) is 12.0. The highest BCUT2D eigenvalue weighted by molar-refractivity contribution is 5.81. The Bertz CT molecular complexity index is 257. The second-order valence-electron chi connectivity index (χ2n) is 6.33. The number of likely N-dealkylation sites (tertiary alicyclic amines) is 1. The molecule has 3 nitrogen and oxygen atoms in total. The SMILES string of the molecule is CNC(C)C(=O)N1CCCC(C(C)(C)C)CC1. The molecule has 1 N–H and O–H groups in total. The Labute approximate surface area is 106 Å². The van der Waals surface area contributed by atoms with Gasteiger partial charge in [-0.3, -0.25) is 4.79 Å². The van der Waals surface area contributed by atoms with E-state index in [1.54, 1.807) is 0 Å². The Morgan fingerprint density at radius 1 is 1.29 bits per heavy atom. The molecule has 1 saturated heterocycles. The van der Waals surface area contributed by atoms with E-state index in [0.29, 0.717) is 5.41 Å². The first-order chi connectivity index (χ1) is 7.86. The summed E-state index contributed by atoms with van der Waals surface area (Å²) in [5.74, 6) is 0.993. The third-order valence-electron chi connectivity index (χ3n) is 4.07. The second kappa shape index (κ2) is 5.85. The fraction of sp³-hybridized carbons (Fsp3) is 0.929. The van der Waals surface area contributed by atoms with Crippen molar-refractivity contribution in [1.29, 1.82) is 0 Å². The number of rotatable bonds is 2. The monoisotopic (exact) mass is 240 g/mol. The molecule has 0 saturated carbocycles. The summed E-state index contributed by atoms with van der Waals surface area (Å²) >= 11 is 0. The molecule has 3 heteroatoms. The average molecular weight is 240 g/mol. The minimum absolute atomic E-state index is 0.0545. The quantitative estimate of drug-likeness (QED) is 0.803. The fourth-order valence-corrected chi connectivity index (χ4v) is 2.58. The summed E-state index contributed by atoms with van der Waals surface area (Å²) < 4.78 is 0. The van der Waals surface area contributed by atoms with E-state index < -0.39 is 0 Å². The maximum atomic E-state index is 12.1. The molecule has 0 radical (unpaired) electrons. The van der Waals surface area contributed by atoms with Crippen molar-refractivity contribution < 1.29 is 4.79 Å². The number of likely N-dealkylation sites (N-methyl/N-ethyl adjacent to an activating group) is 1. The van der Waals surface area contributed by atoms with Gasteiger partial charge in [-0.1, -0.05) is 20.8 Å². The zero-order chi connectivity index (χ0) is 13.1. The average Bonchev–Trinajstić information content (AvgIpc) is 2.51. The van der Waals surface area contributed by atoms with Gasteiger partial charge in [-0.15, -0.1) is 0 Å². The van der Waals surface area contributed by atoms with Crippen molar-refractivity contribution in [2.24, 2.45) is 11.3 Å². The van der Waals surface area contributed by atoms with Gasteiger partial charge in [0.25, 0.3) is 0 Å². The summed E-state index contributed by atoms with van der Waals surface area (Å²) in [6, 6.07) is -0.0545. The summed E-state index contributed by atoms with van der Waals surface area (Å²) in [6.45, 7) is 10.7. The first-order valence-electron chi connectivity index (χ1n) is 6.82. The van der Waals surface area contributed by atoms with Gasteiger partial charge < -0.3 is 10.2 Å². The van der Waals surface area contributed by atoms with Crippen LogP contribution in [0.25, 0.3) is 0 Å². The molecule has 0 spiro atoms. The number of hydrogen-bond donors (Lipinski definition) is 1. The van der Waals surface area contributed by atoms with E-state index in [1.807, 2.05) is 18.9 Å². The van der Waals surface area contributed by atoms with Crippen molar-refractivity contribution in [2.45, 2.75) is 53.0 Å². The van der Waals surface area contributed by atoms with Crippen LogP contribution >= 0.6 is 0 Å². The number of nitrogens with zero attached hydrogens (tertiary/aromatic N) is 1. The first-order valence-corrected chi connectivity index (χ1v) is 6.82. The Hall–Kier alpha value is -0.570. The third-order valence-corrected chi connectivity index (χ3v) is 4.07. The Morgan fingerprint density at radius 3 is 2.47 bits per heavy atom. The molecule has 1 rings (SSSR count). The summed E-state index contributed by atoms with van der Waals surface area (Å²) in [4.78, 5) is 14.1. The predicted octanol–water partition coefficient (Wildman–Crippen LogP) is 2.27. The normalized spacial score (nSPS) is 24.3. The number of nitrogens with one attached hydrogen (secondary N) is 1. The largest absolute Gasteiger partial charge is 0.341 e. The van der Waals surface area contributed by atoms with E-state index in [1.165, 1.54) is 6.42 Å². The molecule has 2 atom stereocenters. The van der Waals surface area contributed by atoms with Gasteiger partial charge in [-0.25, -0.2) is 0 Å². The number of hydrogen-bond acceptors (Lipinski definition) is 2. The van der Waals surface area contributed by atoms with Crippen LogP contribution in [-0.2, 0) is 4.79 Å². The maximum absolute atomic E-state index is 12.1. The van der Waals surface area contributed by atoms with Crippen molar-refractivity contribution in [1.82, 2.24) is 10.2 Å². The molecule has 1 aliphatic rings. The van der Waals surface area contributed by atoms with Crippen LogP contribution in [0.3, 0.4) is 0 Å². The topological polar surface area (TPSA) is 32.3 Å². The van der Waals surface area contributed by atoms with Gasteiger partial charge in [0.1, 0.15) is 0 Å². The van der Waals surface area contributed by atoms with E-state index in [-0.39, 0.29) is 11.9 Å². The summed E-state index contributed by atoms with van der Waals surface area (Å²) in [6.07, 6.45) is 3.54. The number of carbonyl (C=O) groups excluding carboxylic acids is 1. The summed E-state index contributed by atoms with van der Waals surface area (Å²) in [7, 11) is 1.85. The van der Waals surface area contributed by atoms with Crippen molar-refractivity contribution in [3.05, 3.63) is 0 Å². The minimum atomic E-state index is -0.0545. The van der Waals surface area contributed by atoms with E-state index in [4.69, 9.17) is 0 Å². The van der Waals surface area contributed by atoms with Crippen LogP contribution < -0.4 is 5.32 Å². The van der Waals surface area contributed by atoms with Gasteiger partial charge in [0.05, 0.1) is 6.04 Å². The molecule has 0 aliphatic carbocycles. The maximum Gasteiger partial charge on any atom is 0.239 e. The van der Waals surface area contributed by atoms with E-state index in [2.05, 4.69) is 26.1 Å². The molecular formula is C14H28N2O. The minimum Gasteiger partial charge on any atom is -0.341 e. The van der Waals surface area contributed by atoms with Gasteiger partial charge in [-0.2, -0.15) is 0 Å². The second-order valence-corrected chi connectivity index (χ2v) is 6.33. The van der Waals surface area contributed by atoms with Gasteiger partial charge in [0, 0.05) is 13.1 Å². The van der Waals surface area contributed by atoms with E-state index in [9.17, 15) is 4.79 Å². The Balaban J connectivity index is 2.56. The summed E-state index contributed by atoms with van der Waals surface area (Å²) in [5, 5.41) is 3.03. The van der Waals surface area contributed by atoms with E-state index >= 15 is 0 Å². The molecule has 1 heterocycles. The van der Waals surface area contributed by atoms with Crippen molar-refractivity contribution >= 4 is 5.91 Å². The first kappa shape index (κ1) is 14.5. The van der Waals surface area contributed by atoms with Gasteiger partial charge in [0.15, 0.2) is 0 Å². The molecule has 100 valence electrons. The van der Waals surface area contributed by atoms with Crippen molar-refractivity contribution in [3.63, 3.8) is 0 Å². The molecule has 1 aliphatic heterocycles. The van der Waals surface area contributed by atoms with Gasteiger partial charge in [0.2, 0.25) is 5.91 Å². The third kappa shape index (κ3) is 3.98. The molecule has 0 aromatic rings. The lowest BCUT2D eigenvalue weighted by Gasteiger charge is -2.30. The Kier molecular flexibility index (Phi) is 4.99. The Morgan fingerprint density at radius 2 is 1.94 bits per heavy atom. The molecule has 2 unspecified atom stereocenters.